The van der Waals surface area contributed by atoms with Gasteiger partial charge in [0.2, 0.25) is 0 Å². The van der Waals surface area contributed by atoms with E-state index < -0.39 is 0 Å². The van der Waals surface area contributed by atoms with Crippen molar-refractivity contribution < 1.29 is 4.39 Å². The number of rotatable bonds is 2. The summed E-state index contributed by atoms with van der Waals surface area (Å²) in [6.07, 6.45) is 1.74. The molecule has 0 saturated heterocycles. The lowest BCUT2D eigenvalue weighted by atomic mass is 10.1. The van der Waals surface area contributed by atoms with Gasteiger partial charge < -0.3 is 10.3 Å². The summed E-state index contributed by atoms with van der Waals surface area (Å²) in [5.41, 5.74) is 9.55. The van der Waals surface area contributed by atoms with Crippen molar-refractivity contribution >= 4 is 0 Å². The standard InChI is InChI=1S/C13H16FN3/c1-8(15)12-6-11(14)4-5-13(12)17-7-16-9(2)10(17)3/h4-8H,15H2,1-3H3. The summed E-state index contributed by atoms with van der Waals surface area (Å²) in [7, 11) is 0. The maximum atomic E-state index is 13.2. The number of imidazole rings is 1. The van der Waals surface area contributed by atoms with Crippen molar-refractivity contribution in [3.8, 4) is 5.69 Å². The van der Waals surface area contributed by atoms with Crippen molar-refractivity contribution in [2.45, 2.75) is 26.8 Å². The molecule has 2 N–H and O–H groups in total. The minimum Gasteiger partial charge on any atom is -0.324 e. The minimum absolute atomic E-state index is 0.220. The molecule has 0 aliphatic rings. The first-order valence-electron chi connectivity index (χ1n) is 5.56. The minimum atomic E-state index is -0.268. The topological polar surface area (TPSA) is 43.8 Å². The molecule has 0 bridgehead atoms. The fraction of sp³-hybridized carbons (Fsp3) is 0.308. The molecular weight excluding hydrogens is 217 g/mol. The van der Waals surface area contributed by atoms with E-state index in [0.29, 0.717) is 0 Å². The highest BCUT2D eigenvalue weighted by Gasteiger charge is 2.12. The van der Waals surface area contributed by atoms with Crippen molar-refractivity contribution in [2.24, 2.45) is 5.73 Å². The molecule has 2 aromatic rings. The number of benzene rings is 1. The summed E-state index contributed by atoms with van der Waals surface area (Å²) in [6, 6.07) is 4.44. The van der Waals surface area contributed by atoms with E-state index in [9.17, 15) is 4.39 Å². The number of nitrogens with zero attached hydrogens (tertiary/aromatic N) is 2. The Bertz CT molecular complexity index is 544. The molecule has 0 radical (unpaired) electrons. The van der Waals surface area contributed by atoms with Gasteiger partial charge in [0.1, 0.15) is 5.82 Å². The Kier molecular flexibility index (Phi) is 2.98. The van der Waals surface area contributed by atoms with Crippen molar-refractivity contribution in [3.05, 3.63) is 47.3 Å². The number of nitrogens with two attached hydrogens (primary N) is 1. The van der Waals surface area contributed by atoms with Gasteiger partial charge in [-0.25, -0.2) is 9.37 Å². The van der Waals surface area contributed by atoms with Crippen LogP contribution in [0.3, 0.4) is 0 Å². The third-order valence-corrected chi connectivity index (χ3v) is 2.99. The van der Waals surface area contributed by atoms with Crippen LogP contribution < -0.4 is 5.73 Å². The number of hydrogen-bond donors (Lipinski definition) is 1. The largest absolute Gasteiger partial charge is 0.324 e. The molecular formula is C13H16FN3. The van der Waals surface area contributed by atoms with E-state index in [4.69, 9.17) is 5.73 Å². The van der Waals surface area contributed by atoms with Gasteiger partial charge in [-0.15, -0.1) is 0 Å². The molecule has 1 heterocycles. The molecule has 3 nitrogen and oxygen atoms in total. The second kappa shape index (κ2) is 4.30. The van der Waals surface area contributed by atoms with Crippen molar-refractivity contribution in [2.75, 3.05) is 0 Å². The van der Waals surface area contributed by atoms with E-state index in [-0.39, 0.29) is 11.9 Å². The quantitative estimate of drug-likeness (QED) is 0.866. The molecule has 1 atom stereocenters. The number of aryl methyl sites for hydroxylation is 1. The molecule has 2 rings (SSSR count). The summed E-state index contributed by atoms with van der Waals surface area (Å²) in [4.78, 5) is 4.24. The van der Waals surface area contributed by atoms with Crippen LogP contribution in [-0.2, 0) is 0 Å². The van der Waals surface area contributed by atoms with Gasteiger partial charge in [-0.2, -0.15) is 0 Å². The van der Waals surface area contributed by atoms with E-state index in [1.165, 1.54) is 12.1 Å². The molecule has 1 unspecified atom stereocenters. The molecule has 0 saturated carbocycles. The van der Waals surface area contributed by atoms with Crippen LogP contribution in [0, 0.1) is 19.7 Å². The average Bonchev–Trinajstić information content (AvgIpc) is 2.60. The van der Waals surface area contributed by atoms with E-state index in [0.717, 1.165) is 22.6 Å². The number of halogens is 1. The Labute approximate surface area is 100 Å². The van der Waals surface area contributed by atoms with Crippen molar-refractivity contribution in [1.82, 2.24) is 9.55 Å². The first kappa shape index (κ1) is 11.8. The van der Waals surface area contributed by atoms with Crippen LogP contribution in [0.4, 0.5) is 4.39 Å². The Hall–Kier alpha value is -1.68. The third-order valence-electron chi connectivity index (χ3n) is 2.99. The highest BCUT2D eigenvalue weighted by atomic mass is 19.1. The third kappa shape index (κ3) is 2.08. The van der Waals surface area contributed by atoms with Crippen LogP contribution in [0.25, 0.3) is 5.69 Å². The van der Waals surface area contributed by atoms with Crippen LogP contribution >= 0.6 is 0 Å². The highest BCUT2D eigenvalue weighted by molar-refractivity contribution is 5.44. The monoisotopic (exact) mass is 233 g/mol. The lowest BCUT2D eigenvalue weighted by Gasteiger charge is -2.14. The van der Waals surface area contributed by atoms with E-state index >= 15 is 0 Å². The molecule has 90 valence electrons. The first-order valence-corrected chi connectivity index (χ1v) is 5.56. The highest BCUT2D eigenvalue weighted by Crippen LogP contribution is 2.23. The smallest absolute Gasteiger partial charge is 0.123 e. The summed E-state index contributed by atoms with van der Waals surface area (Å²) >= 11 is 0. The predicted octanol–water partition coefficient (Wildman–Crippen LogP) is 2.65. The maximum Gasteiger partial charge on any atom is 0.123 e. The van der Waals surface area contributed by atoms with E-state index in [1.54, 1.807) is 12.4 Å². The second-order valence-corrected chi connectivity index (χ2v) is 4.28. The zero-order chi connectivity index (χ0) is 12.6. The summed E-state index contributed by atoms with van der Waals surface area (Å²) in [5.74, 6) is -0.268. The normalized spacial score (nSPS) is 12.8. The lowest BCUT2D eigenvalue weighted by Crippen LogP contribution is -2.10. The van der Waals surface area contributed by atoms with Crippen LogP contribution in [-0.4, -0.2) is 9.55 Å². The lowest BCUT2D eigenvalue weighted by molar-refractivity contribution is 0.621. The maximum absolute atomic E-state index is 13.2. The number of hydrogen-bond acceptors (Lipinski definition) is 2. The molecule has 4 heteroatoms. The average molecular weight is 233 g/mol. The van der Waals surface area contributed by atoms with Gasteiger partial charge in [-0.05, 0) is 44.5 Å². The van der Waals surface area contributed by atoms with Gasteiger partial charge in [0.05, 0.1) is 17.7 Å². The van der Waals surface area contributed by atoms with E-state index in [2.05, 4.69) is 4.98 Å². The molecule has 0 aliphatic heterocycles. The molecule has 1 aromatic heterocycles. The van der Waals surface area contributed by atoms with Crippen molar-refractivity contribution in [3.63, 3.8) is 0 Å². The molecule has 1 aromatic carbocycles. The summed E-state index contributed by atoms with van der Waals surface area (Å²) in [6.45, 7) is 5.77. The van der Waals surface area contributed by atoms with Crippen molar-refractivity contribution in [1.29, 1.82) is 0 Å². The zero-order valence-electron chi connectivity index (χ0n) is 10.2. The summed E-state index contributed by atoms with van der Waals surface area (Å²) < 4.78 is 15.2. The van der Waals surface area contributed by atoms with Crippen LogP contribution in [0.5, 0.6) is 0 Å². The summed E-state index contributed by atoms with van der Waals surface area (Å²) in [5, 5.41) is 0. The SMILES string of the molecule is Cc1ncn(-c2ccc(F)cc2C(C)N)c1C. The van der Waals surface area contributed by atoms with Crippen LogP contribution in [0.1, 0.15) is 29.9 Å². The van der Waals surface area contributed by atoms with Gasteiger partial charge >= 0.3 is 0 Å². The zero-order valence-corrected chi connectivity index (χ0v) is 10.2. The molecule has 17 heavy (non-hydrogen) atoms. The van der Waals surface area contributed by atoms with Gasteiger partial charge in [-0.3, -0.25) is 0 Å². The Morgan fingerprint density at radius 2 is 2.06 bits per heavy atom. The van der Waals surface area contributed by atoms with E-state index in [1.807, 2.05) is 25.3 Å². The molecule has 0 aliphatic carbocycles. The Morgan fingerprint density at radius 1 is 1.35 bits per heavy atom. The Balaban J connectivity index is 2.63. The van der Waals surface area contributed by atoms with Crippen LogP contribution in [0.15, 0.2) is 24.5 Å². The first-order chi connectivity index (χ1) is 8.00. The Morgan fingerprint density at radius 3 is 2.59 bits per heavy atom. The van der Waals surface area contributed by atoms with Gasteiger partial charge in [-0.1, -0.05) is 0 Å². The van der Waals surface area contributed by atoms with Gasteiger partial charge in [0, 0.05) is 11.7 Å². The fourth-order valence-electron chi connectivity index (χ4n) is 1.85. The van der Waals surface area contributed by atoms with Crippen LogP contribution in [0.2, 0.25) is 0 Å². The molecule has 0 spiro atoms. The molecule has 0 fully saturated rings. The van der Waals surface area contributed by atoms with Gasteiger partial charge in [0.15, 0.2) is 0 Å². The second-order valence-electron chi connectivity index (χ2n) is 4.28. The predicted molar refractivity (Wildman–Crippen MR) is 65.6 cm³/mol. The number of aromatic nitrogens is 2. The van der Waals surface area contributed by atoms with Gasteiger partial charge in [0.25, 0.3) is 0 Å². The fourth-order valence-corrected chi connectivity index (χ4v) is 1.85. The molecule has 0 amide bonds.